The highest BCUT2D eigenvalue weighted by Crippen LogP contribution is 2.27. The van der Waals surface area contributed by atoms with Gasteiger partial charge in [-0.3, -0.25) is 0 Å². The minimum absolute atomic E-state index is 0.592. The van der Waals surface area contributed by atoms with Crippen LogP contribution in [-0.2, 0) is 0 Å². The van der Waals surface area contributed by atoms with Gasteiger partial charge < -0.3 is 10.2 Å². The van der Waals surface area contributed by atoms with Gasteiger partial charge >= 0.3 is 0 Å². The molecule has 2 heteroatoms. The molecule has 0 spiro atoms. The summed E-state index contributed by atoms with van der Waals surface area (Å²) < 4.78 is 0. The second kappa shape index (κ2) is 8.89. The third-order valence-corrected chi connectivity index (χ3v) is 3.54. The molecule has 0 saturated heterocycles. The summed E-state index contributed by atoms with van der Waals surface area (Å²) >= 11 is 0. The molecule has 19 heavy (non-hydrogen) atoms. The van der Waals surface area contributed by atoms with E-state index in [4.69, 9.17) is 0 Å². The summed E-state index contributed by atoms with van der Waals surface area (Å²) in [5.41, 5.74) is -1.73. The van der Waals surface area contributed by atoms with Crippen LogP contribution in [0.25, 0.3) is 0 Å². The Balaban J connectivity index is 4.29. The molecular formula is C17H28O2. The van der Waals surface area contributed by atoms with Gasteiger partial charge in [-0.2, -0.15) is 0 Å². The lowest BCUT2D eigenvalue weighted by Gasteiger charge is -2.28. The highest BCUT2D eigenvalue weighted by atomic mass is 16.3. The van der Waals surface area contributed by atoms with Crippen molar-refractivity contribution in [3.05, 3.63) is 50.6 Å². The first kappa shape index (κ1) is 17.9. The number of aliphatic hydroxyl groups is 2. The van der Waals surface area contributed by atoms with E-state index in [9.17, 15) is 10.2 Å². The number of hydrogen-bond donors (Lipinski definition) is 2. The van der Waals surface area contributed by atoms with Crippen molar-refractivity contribution in [3.8, 4) is 0 Å². The Morgan fingerprint density at radius 1 is 0.684 bits per heavy atom. The largest absolute Gasteiger partial charge is 0.386 e. The van der Waals surface area contributed by atoms with Gasteiger partial charge in [0.15, 0.2) is 0 Å². The Labute approximate surface area is 117 Å². The number of allylic oxidation sites excluding steroid dienone is 2. The van der Waals surface area contributed by atoms with Crippen LogP contribution in [0.3, 0.4) is 0 Å². The fourth-order valence-electron chi connectivity index (χ4n) is 2.06. The lowest BCUT2D eigenvalue weighted by atomic mass is 9.86. The molecule has 2 N–H and O–H groups in total. The summed E-state index contributed by atoms with van der Waals surface area (Å²) in [5.74, 6) is 0. The maximum absolute atomic E-state index is 10.3. The number of hydrogen-bond acceptors (Lipinski definition) is 2. The molecule has 0 fully saturated rings. The monoisotopic (exact) mass is 264 g/mol. The Morgan fingerprint density at radius 3 is 1.32 bits per heavy atom. The Hall–Kier alpha value is -1.12. The lowest BCUT2D eigenvalue weighted by Crippen LogP contribution is -2.29. The Kier molecular flexibility index (Phi) is 8.37. The summed E-state index contributed by atoms with van der Waals surface area (Å²) in [4.78, 5) is 0. The molecule has 0 bridgehead atoms. The average Bonchev–Trinajstić information content (AvgIpc) is 2.43. The molecule has 0 aliphatic carbocycles. The van der Waals surface area contributed by atoms with Gasteiger partial charge in [0.1, 0.15) is 0 Å². The normalized spacial score (nSPS) is 16.9. The summed E-state index contributed by atoms with van der Waals surface area (Å²) in [5, 5.41) is 20.6. The summed E-state index contributed by atoms with van der Waals surface area (Å²) in [6.07, 6.45) is 11.4. The molecule has 0 aromatic rings. The van der Waals surface area contributed by atoms with Gasteiger partial charge in [-0.05, 0) is 44.9 Å². The van der Waals surface area contributed by atoms with Crippen LogP contribution in [0.2, 0.25) is 0 Å². The highest BCUT2D eigenvalue weighted by Gasteiger charge is 2.25. The second-order valence-electron chi connectivity index (χ2n) is 5.12. The average molecular weight is 264 g/mol. The van der Waals surface area contributed by atoms with Crippen LogP contribution >= 0.6 is 0 Å². The maximum Gasteiger partial charge on any atom is 0.0828 e. The van der Waals surface area contributed by atoms with Crippen LogP contribution in [0.15, 0.2) is 50.6 Å². The van der Waals surface area contributed by atoms with E-state index in [1.807, 2.05) is 0 Å². The van der Waals surface area contributed by atoms with Crippen LogP contribution in [0.1, 0.15) is 44.9 Å². The maximum atomic E-state index is 10.3. The topological polar surface area (TPSA) is 40.5 Å². The molecule has 0 aliphatic heterocycles. The van der Waals surface area contributed by atoms with E-state index in [-0.39, 0.29) is 0 Å². The Bertz CT molecular complexity index is 278. The van der Waals surface area contributed by atoms with Crippen molar-refractivity contribution in [2.45, 2.75) is 56.1 Å². The molecular weight excluding hydrogens is 236 g/mol. The summed E-state index contributed by atoms with van der Waals surface area (Å²) in [6.45, 7) is 14.7. The fraction of sp³-hybridized carbons (Fsp3) is 0.529. The fourth-order valence-corrected chi connectivity index (χ4v) is 2.06. The van der Waals surface area contributed by atoms with Gasteiger partial charge in [0.05, 0.1) is 11.2 Å². The van der Waals surface area contributed by atoms with Crippen LogP contribution in [-0.4, -0.2) is 21.4 Å². The van der Waals surface area contributed by atoms with E-state index in [0.29, 0.717) is 25.7 Å². The third kappa shape index (κ3) is 7.14. The minimum Gasteiger partial charge on any atom is -0.386 e. The first-order chi connectivity index (χ1) is 8.95. The molecule has 2 nitrogen and oxygen atoms in total. The van der Waals surface area contributed by atoms with Crippen molar-refractivity contribution < 1.29 is 10.2 Å². The summed E-state index contributed by atoms with van der Waals surface area (Å²) in [7, 11) is 0. The lowest BCUT2D eigenvalue weighted by molar-refractivity contribution is 0.0442. The van der Waals surface area contributed by atoms with Crippen molar-refractivity contribution in [2.24, 2.45) is 0 Å². The molecule has 0 aromatic carbocycles. The van der Waals surface area contributed by atoms with Crippen molar-refractivity contribution in [1.82, 2.24) is 0 Å². The van der Waals surface area contributed by atoms with Gasteiger partial charge in [-0.15, -0.1) is 26.3 Å². The van der Waals surface area contributed by atoms with Crippen molar-refractivity contribution in [3.63, 3.8) is 0 Å². The highest BCUT2D eigenvalue weighted by molar-refractivity contribution is 5.00. The molecule has 0 aliphatic rings. The van der Waals surface area contributed by atoms with Crippen LogP contribution in [0, 0.1) is 0 Å². The molecule has 0 radical (unpaired) electrons. The van der Waals surface area contributed by atoms with Gasteiger partial charge in [0, 0.05) is 0 Å². The second-order valence-corrected chi connectivity index (χ2v) is 5.12. The van der Waals surface area contributed by atoms with Gasteiger partial charge in [-0.1, -0.05) is 24.3 Å². The minimum atomic E-state index is -0.866. The molecule has 2 unspecified atom stereocenters. The van der Waals surface area contributed by atoms with Crippen molar-refractivity contribution >= 4 is 0 Å². The molecule has 0 aromatic heterocycles. The first-order valence-corrected chi connectivity index (χ1v) is 6.89. The van der Waals surface area contributed by atoms with Crippen LogP contribution in [0.5, 0.6) is 0 Å². The quantitative estimate of drug-likeness (QED) is 0.524. The van der Waals surface area contributed by atoms with Gasteiger partial charge in [-0.25, -0.2) is 0 Å². The molecule has 0 heterocycles. The van der Waals surface area contributed by atoms with Crippen molar-refractivity contribution in [1.29, 1.82) is 0 Å². The zero-order chi connectivity index (χ0) is 14.8. The molecule has 0 amide bonds. The molecule has 0 rings (SSSR count). The molecule has 0 saturated carbocycles. The zero-order valence-electron chi connectivity index (χ0n) is 12.0. The van der Waals surface area contributed by atoms with E-state index in [2.05, 4.69) is 26.3 Å². The van der Waals surface area contributed by atoms with E-state index >= 15 is 0 Å². The van der Waals surface area contributed by atoms with Gasteiger partial charge in [0.25, 0.3) is 0 Å². The summed E-state index contributed by atoms with van der Waals surface area (Å²) in [6, 6.07) is 0. The van der Waals surface area contributed by atoms with E-state index < -0.39 is 11.2 Å². The predicted molar refractivity (Wildman–Crippen MR) is 83.0 cm³/mol. The van der Waals surface area contributed by atoms with E-state index in [1.54, 1.807) is 24.3 Å². The van der Waals surface area contributed by atoms with Crippen LogP contribution in [0.4, 0.5) is 0 Å². The first-order valence-electron chi connectivity index (χ1n) is 6.89. The molecule has 2 atom stereocenters. The standard InChI is InChI=1S/C17H28O2/c1-5-9-12-16(18,7-3)14-11-15-17(19,8-4)13-10-6-2/h5-8,18-19H,1-4,9-15H2. The molecule has 108 valence electrons. The third-order valence-electron chi connectivity index (χ3n) is 3.54. The van der Waals surface area contributed by atoms with Crippen LogP contribution < -0.4 is 0 Å². The van der Waals surface area contributed by atoms with Gasteiger partial charge in [0.2, 0.25) is 0 Å². The SMILES string of the molecule is C=CCCC(O)(C=C)CCCC(O)(C=C)CCC=C. The zero-order valence-corrected chi connectivity index (χ0v) is 12.0. The van der Waals surface area contributed by atoms with E-state index in [0.717, 1.165) is 19.3 Å². The Morgan fingerprint density at radius 2 is 1.05 bits per heavy atom. The van der Waals surface area contributed by atoms with E-state index in [1.165, 1.54) is 0 Å². The smallest absolute Gasteiger partial charge is 0.0828 e. The van der Waals surface area contributed by atoms with Crippen molar-refractivity contribution in [2.75, 3.05) is 0 Å². The number of rotatable bonds is 12. The predicted octanol–water partition coefficient (Wildman–Crippen LogP) is 3.92.